The van der Waals surface area contributed by atoms with Gasteiger partial charge in [-0.15, -0.1) is 0 Å². The van der Waals surface area contributed by atoms with Crippen molar-refractivity contribution in [2.75, 3.05) is 25.4 Å². The quantitative estimate of drug-likeness (QED) is 0.237. The number of benzene rings is 3. The molecule has 0 spiro atoms. The Balaban J connectivity index is 1.51. The molecule has 1 atom stereocenters. The summed E-state index contributed by atoms with van der Waals surface area (Å²) >= 11 is 0. The first-order valence-electron chi connectivity index (χ1n) is 13.2. The molecule has 4 N–H and O–H groups in total. The molecule has 0 aromatic heterocycles. The van der Waals surface area contributed by atoms with Crippen molar-refractivity contribution in [2.24, 2.45) is 5.73 Å². The maximum atomic E-state index is 14.0. The first kappa shape index (κ1) is 31.9. The van der Waals surface area contributed by atoms with Crippen LogP contribution < -0.4 is 16.4 Å². The van der Waals surface area contributed by atoms with Gasteiger partial charge in [0.05, 0.1) is 37.4 Å². The number of carboxylic acid groups (broad SMARTS) is 1. The van der Waals surface area contributed by atoms with Crippen LogP contribution in [-0.4, -0.2) is 66.1 Å². The lowest BCUT2D eigenvalue weighted by atomic mass is 10.1. The average molecular weight is 631 g/mol. The molecule has 4 amide bonds. The summed E-state index contributed by atoms with van der Waals surface area (Å²) in [6, 6.07) is 19.8. The predicted octanol–water partition coefficient (Wildman–Crippen LogP) is 2.80. The lowest BCUT2D eigenvalue weighted by Gasteiger charge is -2.22. The van der Waals surface area contributed by atoms with E-state index in [-0.39, 0.29) is 43.7 Å². The van der Waals surface area contributed by atoms with Crippen LogP contribution in [0.3, 0.4) is 0 Å². The van der Waals surface area contributed by atoms with Gasteiger partial charge in [-0.2, -0.15) is 0 Å². The average Bonchev–Trinajstić information content (AvgIpc) is 3.41. The van der Waals surface area contributed by atoms with Gasteiger partial charge >= 0.3 is 25.6 Å². The lowest BCUT2D eigenvalue weighted by molar-refractivity contribution is -0.139. The summed E-state index contributed by atoms with van der Waals surface area (Å²) in [4.78, 5) is 38.2. The normalized spacial score (nSPS) is 14.5. The molecule has 43 heavy (non-hydrogen) atoms. The van der Waals surface area contributed by atoms with E-state index in [0.717, 1.165) is 11.1 Å². The fourth-order valence-corrected chi connectivity index (χ4v) is 6.95. The van der Waals surface area contributed by atoms with E-state index in [1.54, 1.807) is 0 Å². The second-order valence-corrected chi connectivity index (χ2v) is 13.5. The number of hydrogen-bond donors (Lipinski definition) is 3. The van der Waals surface area contributed by atoms with Crippen LogP contribution in [0.5, 0.6) is 0 Å². The molecule has 3 aromatic carbocycles. The monoisotopic (exact) mass is 630 g/mol. The molecule has 228 valence electrons. The van der Waals surface area contributed by atoms with Crippen LogP contribution in [0, 0.1) is 0 Å². The Hall–Kier alpha value is -4.07. The molecule has 0 bridgehead atoms. The Kier molecular flexibility index (Phi) is 10.3. The molecule has 1 fully saturated rings. The highest BCUT2D eigenvalue weighted by atomic mass is 32.2. The Labute approximate surface area is 248 Å². The number of carbonyl (C=O) groups is 3. The summed E-state index contributed by atoms with van der Waals surface area (Å²) in [7, 11) is -7.93. The number of nitrogens with two attached hydrogens (primary N) is 1. The number of aliphatic carboxylic acids is 1. The van der Waals surface area contributed by atoms with Gasteiger partial charge < -0.3 is 25.2 Å². The third-order valence-electron chi connectivity index (χ3n) is 6.47. The van der Waals surface area contributed by atoms with E-state index in [1.165, 1.54) is 24.3 Å². The number of rotatable bonds is 13. The first-order valence-corrected chi connectivity index (χ1v) is 16.3. The predicted molar refractivity (Wildman–Crippen MR) is 157 cm³/mol. The number of urea groups is 2. The molecule has 13 nitrogen and oxygen atoms in total. The highest BCUT2D eigenvalue weighted by molar-refractivity contribution is 7.89. The van der Waals surface area contributed by atoms with Gasteiger partial charge in [0, 0.05) is 6.54 Å². The van der Waals surface area contributed by atoms with E-state index in [2.05, 4.69) is 5.32 Å². The van der Waals surface area contributed by atoms with E-state index in [0.29, 0.717) is 9.21 Å². The fraction of sp³-hybridized carbons (Fsp3) is 0.250. The summed E-state index contributed by atoms with van der Waals surface area (Å²) in [6.45, 7) is -0.770. The molecule has 0 radical (unpaired) electrons. The number of carbonyl (C=O) groups excluding carboxylic acids is 2. The summed E-state index contributed by atoms with van der Waals surface area (Å²) in [5.41, 5.74) is 6.93. The van der Waals surface area contributed by atoms with Crippen LogP contribution in [0.2, 0.25) is 0 Å². The first-order chi connectivity index (χ1) is 20.5. The van der Waals surface area contributed by atoms with Gasteiger partial charge in [0.1, 0.15) is 0 Å². The van der Waals surface area contributed by atoms with E-state index in [4.69, 9.17) is 14.8 Å². The van der Waals surface area contributed by atoms with E-state index in [1.807, 2.05) is 60.7 Å². The van der Waals surface area contributed by atoms with Crippen molar-refractivity contribution in [3.8, 4) is 0 Å². The Morgan fingerprint density at radius 2 is 1.44 bits per heavy atom. The van der Waals surface area contributed by atoms with Gasteiger partial charge in [0.25, 0.3) is 0 Å². The molecule has 4 rings (SSSR count). The van der Waals surface area contributed by atoms with Gasteiger partial charge in [-0.1, -0.05) is 72.8 Å². The maximum Gasteiger partial charge on any atom is 0.361 e. The Morgan fingerprint density at radius 3 is 1.93 bits per heavy atom. The standard InChI is InChI=1S/C28H31N4O9PS/c29-15-18-43(38,39)32-17-16-31(28(32)36)27(35)30-25(26(33)34)23-11-13-24(14-12-23)42(37,40-19-21-7-3-1-4-8-21)41-20-22-9-5-2-6-10-22/h1-14,25H,15-20,29H2,(H,30,35)(H,33,34). The molecular weight excluding hydrogens is 599 g/mol. The van der Waals surface area contributed by atoms with Crippen LogP contribution in [0.15, 0.2) is 84.9 Å². The molecule has 1 aliphatic rings. The minimum atomic E-state index is -4.02. The maximum absolute atomic E-state index is 14.0. The molecule has 1 heterocycles. The fourth-order valence-electron chi connectivity index (χ4n) is 4.21. The zero-order chi connectivity index (χ0) is 31.0. The third kappa shape index (κ3) is 7.86. The molecule has 1 aliphatic heterocycles. The SMILES string of the molecule is NCCS(=O)(=O)N1CCN(C(=O)NC(C(=O)O)c2ccc(P(=O)(OCc3ccccc3)OCc3ccccc3)cc2)C1=O. The van der Waals surface area contributed by atoms with Crippen molar-refractivity contribution in [1.29, 1.82) is 0 Å². The summed E-state index contributed by atoms with van der Waals surface area (Å²) in [5, 5.41) is 12.3. The zero-order valence-corrected chi connectivity index (χ0v) is 24.7. The van der Waals surface area contributed by atoms with Crippen molar-refractivity contribution in [3.63, 3.8) is 0 Å². The summed E-state index contributed by atoms with van der Waals surface area (Å²) < 4.78 is 50.7. The lowest BCUT2D eigenvalue weighted by Crippen LogP contribution is -2.46. The number of sulfonamides is 1. The molecular formula is C28H31N4O9PS. The van der Waals surface area contributed by atoms with Crippen LogP contribution in [0.4, 0.5) is 9.59 Å². The third-order valence-corrected chi connectivity index (χ3v) is 10.1. The number of nitrogens with one attached hydrogen (secondary N) is 1. The molecule has 0 aliphatic carbocycles. The van der Waals surface area contributed by atoms with Crippen LogP contribution in [0.1, 0.15) is 22.7 Å². The Morgan fingerprint density at radius 1 is 0.907 bits per heavy atom. The minimum absolute atomic E-state index is 0.00957. The minimum Gasteiger partial charge on any atom is -0.479 e. The number of amides is 4. The van der Waals surface area contributed by atoms with Gasteiger partial charge in [-0.05, 0) is 28.8 Å². The second-order valence-electron chi connectivity index (χ2n) is 9.44. The highest BCUT2D eigenvalue weighted by Crippen LogP contribution is 2.48. The van der Waals surface area contributed by atoms with Crippen molar-refractivity contribution in [2.45, 2.75) is 19.3 Å². The van der Waals surface area contributed by atoms with Gasteiger partial charge in [0.2, 0.25) is 10.0 Å². The van der Waals surface area contributed by atoms with Gasteiger partial charge in [0.15, 0.2) is 6.04 Å². The molecule has 3 aromatic rings. The number of nitrogens with zero attached hydrogens (tertiary/aromatic N) is 2. The van der Waals surface area contributed by atoms with E-state index in [9.17, 15) is 32.5 Å². The molecule has 15 heteroatoms. The largest absolute Gasteiger partial charge is 0.479 e. The molecule has 1 unspecified atom stereocenters. The van der Waals surface area contributed by atoms with Crippen molar-refractivity contribution < 1.29 is 41.5 Å². The summed E-state index contributed by atoms with van der Waals surface area (Å²) in [5.74, 6) is -1.92. The van der Waals surface area contributed by atoms with Crippen LogP contribution in [-0.2, 0) is 41.6 Å². The van der Waals surface area contributed by atoms with Crippen molar-refractivity contribution in [3.05, 3.63) is 102 Å². The zero-order valence-electron chi connectivity index (χ0n) is 22.9. The van der Waals surface area contributed by atoms with Crippen LogP contribution >= 0.6 is 7.60 Å². The molecule has 1 saturated heterocycles. The highest BCUT2D eigenvalue weighted by Gasteiger charge is 2.41. The van der Waals surface area contributed by atoms with E-state index < -0.39 is 47.4 Å². The topological polar surface area (TPSA) is 186 Å². The smallest absolute Gasteiger partial charge is 0.361 e. The molecule has 0 saturated carbocycles. The van der Waals surface area contributed by atoms with Crippen LogP contribution in [0.25, 0.3) is 0 Å². The number of hydrogen-bond acceptors (Lipinski definition) is 9. The van der Waals surface area contributed by atoms with Crippen molar-refractivity contribution in [1.82, 2.24) is 14.5 Å². The van der Waals surface area contributed by atoms with E-state index >= 15 is 0 Å². The van der Waals surface area contributed by atoms with Crippen molar-refractivity contribution >= 4 is 41.0 Å². The van der Waals surface area contributed by atoms with Gasteiger partial charge in [-0.3, -0.25) is 4.57 Å². The number of imide groups is 1. The van der Waals surface area contributed by atoms with Gasteiger partial charge in [-0.25, -0.2) is 32.0 Å². The number of carboxylic acids is 1. The summed E-state index contributed by atoms with van der Waals surface area (Å²) in [6.07, 6.45) is 0. The second kappa shape index (κ2) is 13.9. The Bertz CT molecular complexity index is 1540.